The Hall–Kier alpha value is -2.54. The Balaban J connectivity index is 1.39. The molecule has 3 aliphatic rings. The van der Waals surface area contributed by atoms with Crippen LogP contribution in [0.15, 0.2) is 12.1 Å². The average molecular weight is 525 g/mol. The van der Waals surface area contributed by atoms with Crippen molar-refractivity contribution in [3.8, 4) is 11.5 Å². The minimum atomic E-state index is -0.898. The van der Waals surface area contributed by atoms with Gasteiger partial charge >= 0.3 is 5.69 Å². The lowest BCUT2D eigenvalue weighted by Crippen LogP contribution is -2.61. The molecule has 4 rings (SSSR count). The molecule has 2 aliphatic carbocycles. The number of phenols is 1. The van der Waals surface area contributed by atoms with Crippen molar-refractivity contribution in [1.82, 2.24) is 0 Å². The normalized spacial score (nSPS) is 29.8. The summed E-state index contributed by atoms with van der Waals surface area (Å²) in [5, 5.41) is 32.6. The van der Waals surface area contributed by atoms with Gasteiger partial charge in [0.1, 0.15) is 12.7 Å². The third-order valence-electron chi connectivity index (χ3n) is 7.66. The second kappa shape index (κ2) is 12.3. The summed E-state index contributed by atoms with van der Waals surface area (Å²) in [4.78, 5) is 20.7. The van der Waals surface area contributed by atoms with Crippen LogP contribution in [-0.2, 0) is 18.9 Å². The van der Waals surface area contributed by atoms with Crippen molar-refractivity contribution in [2.24, 2.45) is 0 Å². The van der Waals surface area contributed by atoms with Gasteiger partial charge in [0.15, 0.2) is 5.75 Å². The Labute approximate surface area is 215 Å². The van der Waals surface area contributed by atoms with E-state index in [9.17, 15) is 25.3 Å². The monoisotopic (exact) mass is 524 g/mol. The van der Waals surface area contributed by atoms with Crippen LogP contribution < -0.4 is 4.74 Å². The van der Waals surface area contributed by atoms with Gasteiger partial charge in [0, 0.05) is 26.4 Å². The van der Waals surface area contributed by atoms with Gasteiger partial charge in [-0.15, -0.1) is 0 Å². The summed E-state index contributed by atoms with van der Waals surface area (Å²) < 4.78 is 30.5. The fourth-order valence-electron chi connectivity index (χ4n) is 5.84. The highest BCUT2D eigenvalue weighted by Crippen LogP contribution is 2.51. The van der Waals surface area contributed by atoms with E-state index in [-0.39, 0.29) is 30.2 Å². The van der Waals surface area contributed by atoms with E-state index in [0.717, 1.165) is 57.4 Å². The first-order chi connectivity index (χ1) is 17.9. The third kappa shape index (κ3) is 6.31. The van der Waals surface area contributed by atoms with Crippen LogP contribution in [0, 0.1) is 20.2 Å². The van der Waals surface area contributed by atoms with Crippen molar-refractivity contribution in [3.63, 3.8) is 0 Å². The highest BCUT2D eigenvalue weighted by molar-refractivity contribution is 5.61. The third-order valence-corrected chi connectivity index (χ3v) is 7.66. The van der Waals surface area contributed by atoms with Gasteiger partial charge in [0.25, 0.3) is 5.69 Å². The number of phenolic OH excluding ortho intramolecular Hbond substituents is 1. The van der Waals surface area contributed by atoms with Crippen molar-refractivity contribution < 1.29 is 38.6 Å². The molecule has 1 atom stereocenters. The summed E-state index contributed by atoms with van der Waals surface area (Å²) in [6.07, 6.45) is 9.53. The standard InChI is InChI=1S/C25H36N2O10/c28-23-21(27(31)32)15-19(26(29)30)16-22(23)35-18-20-17-33-11-5-13-36-24-7-1-3-9-25(24,10-4-2-8-24)37-14-6-12-34-20/h15-16,20,28H,1-14,17-18H2. The fraction of sp³-hybridized carbons (Fsp3) is 0.760. The molecule has 37 heavy (non-hydrogen) atoms. The number of nitro benzene ring substituents is 2. The highest BCUT2D eigenvalue weighted by Gasteiger charge is 2.55. The van der Waals surface area contributed by atoms with Crippen LogP contribution in [0.25, 0.3) is 0 Å². The maximum atomic E-state index is 11.2. The van der Waals surface area contributed by atoms with Gasteiger partial charge in [0.2, 0.25) is 5.75 Å². The Morgan fingerprint density at radius 2 is 1.46 bits per heavy atom. The zero-order chi connectivity index (χ0) is 26.3. The number of nitro groups is 2. The van der Waals surface area contributed by atoms with Crippen molar-refractivity contribution in [2.45, 2.75) is 81.5 Å². The molecule has 2 saturated carbocycles. The highest BCUT2D eigenvalue weighted by atomic mass is 16.6. The van der Waals surface area contributed by atoms with Crippen LogP contribution in [0.3, 0.4) is 0 Å². The predicted molar refractivity (Wildman–Crippen MR) is 131 cm³/mol. The number of hydrogen-bond donors (Lipinski definition) is 1. The van der Waals surface area contributed by atoms with E-state index >= 15 is 0 Å². The molecule has 1 heterocycles. The molecule has 1 aromatic rings. The smallest absolute Gasteiger partial charge is 0.321 e. The lowest BCUT2D eigenvalue weighted by atomic mass is 9.63. The van der Waals surface area contributed by atoms with Gasteiger partial charge in [-0.25, -0.2) is 0 Å². The van der Waals surface area contributed by atoms with E-state index in [1.807, 2.05) is 0 Å². The lowest BCUT2D eigenvalue weighted by Gasteiger charge is -2.55. The summed E-state index contributed by atoms with van der Waals surface area (Å²) in [6.45, 7) is 2.03. The fourth-order valence-corrected chi connectivity index (χ4v) is 5.84. The SMILES string of the molecule is O=[N+]([O-])c1cc(OCC2COCCCOC34CCCCC3(CCCC4)OCCCO2)c(O)c([N+](=O)[O-])c1. The van der Waals surface area contributed by atoms with Crippen molar-refractivity contribution in [2.75, 3.05) is 39.6 Å². The van der Waals surface area contributed by atoms with Crippen molar-refractivity contribution in [3.05, 3.63) is 32.4 Å². The van der Waals surface area contributed by atoms with Gasteiger partial charge in [0.05, 0.1) is 39.8 Å². The van der Waals surface area contributed by atoms with Gasteiger partial charge in [-0.3, -0.25) is 20.2 Å². The number of ether oxygens (including phenoxy) is 5. The molecule has 0 spiro atoms. The van der Waals surface area contributed by atoms with E-state index in [1.54, 1.807) is 0 Å². The predicted octanol–water partition coefficient (Wildman–Crippen LogP) is 4.44. The molecule has 0 aromatic heterocycles. The van der Waals surface area contributed by atoms with Crippen LogP contribution in [0.5, 0.6) is 11.5 Å². The summed E-state index contributed by atoms with van der Waals surface area (Å²) in [5.41, 5.74) is -1.81. The number of hydrogen-bond acceptors (Lipinski definition) is 10. The first-order valence-electron chi connectivity index (χ1n) is 13.1. The molecule has 1 unspecified atom stereocenters. The van der Waals surface area contributed by atoms with Crippen LogP contribution in [0.1, 0.15) is 64.2 Å². The molecule has 12 heteroatoms. The number of aromatic hydroxyl groups is 1. The molecule has 1 aliphatic heterocycles. The maximum absolute atomic E-state index is 11.2. The molecule has 206 valence electrons. The van der Waals surface area contributed by atoms with Crippen LogP contribution in [-0.4, -0.2) is 71.9 Å². The topological polar surface area (TPSA) is 153 Å². The molecule has 0 amide bonds. The Kier molecular flexibility index (Phi) is 9.17. The minimum Gasteiger partial charge on any atom is -0.500 e. The molecule has 12 nitrogen and oxygen atoms in total. The van der Waals surface area contributed by atoms with Crippen molar-refractivity contribution >= 4 is 11.4 Å². The summed E-state index contributed by atoms with van der Waals surface area (Å²) in [7, 11) is 0. The molecule has 0 radical (unpaired) electrons. The largest absolute Gasteiger partial charge is 0.500 e. The van der Waals surface area contributed by atoms with E-state index < -0.39 is 33.1 Å². The molecule has 1 saturated heterocycles. The molecular formula is C25H36N2O10. The Morgan fingerprint density at radius 3 is 2.03 bits per heavy atom. The second-order valence-electron chi connectivity index (χ2n) is 10.0. The Bertz CT molecular complexity index is 944. The molecule has 1 N–H and O–H groups in total. The first kappa shape index (κ1) is 27.5. The van der Waals surface area contributed by atoms with Gasteiger partial charge in [-0.2, -0.15) is 0 Å². The minimum absolute atomic E-state index is 0.115. The van der Waals surface area contributed by atoms with Crippen molar-refractivity contribution in [1.29, 1.82) is 0 Å². The van der Waals surface area contributed by atoms with E-state index in [2.05, 4.69) is 0 Å². The summed E-state index contributed by atoms with van der Waals surface area (Å²) in [6, 6.07) is 1.65. The molecular weight excluding hydrogens is 488 g/mol. The lowest BCUT2D eigenvalue weighted by molar-refractivity contribution is -0.394. The average Bonchev–Trinajstić information content (AvgIpc) is 2.88. The van der Waals surface area contributed by atoms with E-state index in [4.69, 9.17) is 23.7 Å². The van der Waals surface area contributed by atoms with Gasteiger partial charge in [-0.1, -0.05) is 25.7 Å². The van der Waals surface area contributed by atoms with Gasteiger partial charge < -0.3 is 28.8 Å². The number of nitrogens with zero attached hydrogens (tertiary/aromatic N) is 2. The Morgan fingerprint density at radius 1 is 0.865 bits per heavy atom. The number of rotatable bonds is 5. The van der Waals surface area contributed by atoms with Crippen LogP contribution in [0.2, 0.25) is 0 Å². The maximum Gasteiger partial charge on any atom is 0.321 e. The summed E-state index contributed by atoms with van der Waals surface area (Å²) >= 11 is 0. The van der Waals surface area contributed by atoms with Gasteiger partial charge in [-0.05, 0) is 38.5 Å². The number of non-ortho nitro benzene ring substituents is 1. The summed E-state index contributed by atoms with van der Waals surface area (Å²) in [5.74, 6) is -1.13. The van der Waals surface area contributed by atoms with E-state index in [0.29, 0.717) is 45.3 Å². The first-order valence-corrected chi connectivity index (χ1v) is 13.1. The zero-order valence-electron chi connectivity index (χ0n) is 21.1. The van der Waals surface area contributed by atoms with Crippen LogP contribution >= 0.6 is 0 Å². The van der Waals surface area contributed by atoms with Crippen LogP contribution in [0.4, 0.5) is 11.4 Å². The quantitative estimate of drug-likeness (QED) is 0.432. The molecule has 0 bridgehead atoms. The number of benzene rings is 1. The molecule has 3 fully saturated rings. The van der Waals surface area contributed by atoms with E-state index in [1.165, 1.54) is 0 Å². The second-order valence-corrected chi connectivity index (χ2v) is 10.0. The zero-order valence-corrected chi connectivity index (χ0v) is 21.1. The molecule has 1 aromatic carbocycles.